The van der Waals surface area contributed by atoms with Gasteiger partial charge in [-0.3, -0.25) is 0 Å². The van der Waals surface area contributed by atoms with Crippen molar-refractivity contribution in [3.05, 3.63) is 27.9 Å². The van der Waals surface area contributed by atoms with E-state index in [2.05, 4.69) is 36.0 Å². The Hall–Kier alpha value is -1.23. The first-order valence-electron chi connectivity index (χ1n) is 7.30. The Balaban J connectivity index is 1.58. The molecule has 0 spiro atoms. The van der Waals surface area contributed by atoms with E-state index in [0.717, 1.165) is 23.0 Å². The zero-order valence-corrected chi connectivity index (χ0v) is 13.3. The number of nitrogens with zero attached hydrogens (tertiary/aromatic N) is 3. The molecule has 20 heavy (non-hydrogen) atoms. The van der Waals surface area contributed by atoms with Crippen molar-refractivity contribution in [2.24, 2.45) is 5.92 Å². The van der Waals surface area contributed by atoms with Crippen molar-refractivity contribution in [3.63, 3.8) is 0 Å². The van der Waals surface area contributed by atoms with E-state index in [9.17, 15) is 0 Å². The average Bonchev–Trinajstić information content (AvgIpc) is 2.84. The summed E-state index contributed by atoms with van der Waals surface area (Å²) < 4.78 is 5.49. The topological polar surface area (TPSA) is 51.8 Å². The molecule has 3 atom stereocenters. The van der Waals surface area contributed by atoms with Gasteiger partial charge >= 0.3 is 0 Å². The van der Waals surface area contributed by atoms with Gasteiger partial charge in [0.1, 0.15) is 16.3 Å². The third kappa shape index (κ3) is 2.77. The van der Waals surface area contributed by atoms with Gasteiger partial charge in [-0.2, -0.15) is 0 Å². The lowest BCUT2D eigenvalue weighted by Crippen LogP contribution is -1.96. The second kappa shape index (κ2) is 5.28. The number of aryl methyl sites for hydroxylation is 1. The third-order valence-corrected chi connectivity index (χ3v) is 5.26. The lowest BCUT2D eigenvalue weighted by atomic mass is 10.0. The van der Waals surface area contributed by atoms with Crippen LogP contribution in [-0.4, -0.2) is 15.2 Å². The number of hydrogen-bond acceptors (Lipinski definition) is 5. The quantitative estimate of drug-likeness (QED) is 0.826. The summed E-state index contributed by atoms with van der Waals surface area (Å²) in [5.41, 5.74) is 0.963. The summed E-state index contributed by atoms with van der Waals surface area (Å²) in [4.78, 5) is 4.42. The number of aromatic nitrogens is 3. The first-order chi connectivity index (χ1) is 9.54. The fraction of sp³-hybridized carbons (Fsp3) is 0.667. The SMILES string of the molecule is Cc1coc(C(C)CC2CC2c2nnc(C(C)C)s2)n1. The normalized spacial score (nSPS) is 23.2. The summed E-state index contributed by atoms with van der Waals surface area (Å²) >= 11 is 1.78. The average molecular weight is 291 g/mol. The summed E-state index contributed by atoms with van der Waals surface area (Å²) in [6, 6.07) is 0. The van der Waals surface area contributed by atoms with Crippen LogP contribution in [0.3, 0.4) is 0 Å². The molecular weight excluding hydrogens is 270 g/mol. The summed E-state index contributed by atoms with van der Waals surface area (Å²) in [5.74, 6) is 3.06. The van der Waals surface area contributed by atoms with E-state index in [4.69, 9.17) is 4.42 Å². The zero-order chi connectivity index (χ0) is 14.3. The molecule has 1 fully saturated rings. The van der Waals surface area contributed by atoms with Gasteiger partial charge in [0.2, 0.25) is 0 Å². The zero-order valence-electron chi connectivity index (χ0n) is 12.5. The minimum atomic E-state index is 0.385. The second-order valence-electron chi connectivity index (χ2n) is 6.20. The van der Waals surface area contributed by atoms with Gasteiger partial charge < -0.3 is 4.42 Å². The first kappa shape index (κ1) is 13.7. The minimum absolute atomic E-state index is 0.385. The number of rotatable bonds is 5. The van der Waals surface area contributed by atoms with Crippen molar-refractivity contribution in [3.8, 4) is 0 Å². The highest BCUT2D eigenvalue weighted by atomic mass is 32.1. The maximum absolute atomic E-state index is 5.49. The molecular formula is C15H21N3OS. The molecule has 1 saturated carbocycles. The monoisotopic (exact) mass is 291 g/mol. The van der Waals surface area contributed by atoms with E-state index in [-0.39, 0.29) is 0 Å². The van der Waals surface area contributed by atoms with Gasteiger partial charge in [0.15, 0.2) is 5.89 Å². The van der Waals surface area contributed by atoms with Crippen LogP contribution in [0.15, 0.2) is 10.7 Å². The smallest absolute Gasteiger partial charge is 0.197 e. The molecule has 0 radical (unpaired) electrons. The fourth-order valence-electron chi connectivity index (χ4n) is 2.59. The van der Waals surface area contributed by atoms with Gasteiger partial charge in [-0.05, 0) is 25.7 Å². The number of oxazole rings is 1. The van der Waals surface area contributed by atoms with Crippen molar-refractivity contribution in [2.75, 3.05) is 0 Å². The van der Waals surface area contributed by atoms with Crippen LogP contribution < -0.4 is 0 Å². The minimum Gasteiger partial charge on any atom is -0.448 e. The van der Waals surface area contributed by atoms with Crippen LogP contribution in [0, 0.1) is 12.8 Å². The van der Waals surface area contributed by atoms with Crippen LogP contribution in [0.1, 0.15) is 73.0 Å². The van der Waals surface area contributed by atoms with Crippen LogP contribution >= 0.6 is 11.3 Å². The van der Waals surface area contributed by atoms with Gasteiger partial charge in [-0.15, -0.1) is 21.5 Å². The second-order valence-corrected chi connectivity index (χ2v) is 7.24. The molecule has 3 rings (SSSR count). The highest BCUT2D eigenvalue weighted by Gasteiger charge is 2.42. The Kier molecular flexibility index (Phi) is 3.63. The lowest BCUT2D eigenvalue weighted by Gasteiger charge is -2.05. The van der Waals surface area contributed by atoms with Crippen molar-refractivity contribution in [1.82, 2.24) is 15.2 Å². The maximum Gasteiger partial charge on any atom is 0.197 e. The molecule has 4 nitrogen and oxygen atoms in total. The molecule has 0 N–H and O–H groups in total. The standard InChI is InChI=1S/C15H21N3OS/c1-8(2)14-17-18-15(20-14)12-6-11(12)5-9(3)13-16-10(4)7-19-13/h7-9,11-12H,5-6H2,1-4H3. The predicted molar refractivity (Wildman–Crippen MR) is 79.1 cm³/mol. The van der Waals surface area contributed by atoms with Gasteiger partial charge in [0, 0.05) is 17.8 Å². The molecule has 2 aromatic heterocycles. The van der Waals surface area contributed by atoms with E-state index in [0.29, 0.717) is 23.7 Å². The molecule has 0 saturated heterocycles. The summed E-state index contributed by atoms with van der Waals surface area (Å²) in [5, 5.41) is 11.0. The van der Waals surface area contributed by atoms with Crippen molar-refractivity contribution in [1.29, 1.82) is 0 Å². The van der Waals surface area contributed by atoms with Gasteiger partial charge in [0.05, 0.1) is 5.69 Å². The fourth-order valence-corrected chi connectivity index (χ4v) is 3.65. The first-order valence-corrected chi connectivity index (χ1v) is 8.11. The summed E-state index contributed by atoms with van der Waals surface area (Å²) in [6.07, 6.45) is 4.09. The Bertz CT molecular complexity index is 589. The molecule has 0 bridgehead atoms. The van der Waals surface area contributed by atoms with Gasteiger partial charge in [0.25, 0.3) is 0 Å². The molecule has 108 valence electrons. The highest BCUT2D eigenvalue weighted by Crippen LogP contribution is 2.52. The van der Waals surface area contributed by atoms with E-state index in [1.54, 1.807) is 17.6 Å². The molecule has 2 heterocycles. The predicted octanol–water partition coefficient (Wildman–Crippen LogP) is 4.26. The molecule has 3 unspecified atom stereocenters. The van der Waals surface area contributed by atoms with Crippen LogP contribution in [0.5, 0.6) is 0 Å². The summed E-state index contributed by atoms with van der Waals surface area (Å²) in [7, 11) is 0. The van der Waals surface area contributed by atoms with Crippen LogP contribution in [-0.2, 0) is 0 Å². The Morgan fingerprint density at radius 3 is 2.75 bits per heavy atom. The van der Waals surface area contributed by atoms with E-state index in [1.807, 2.05) is 6.92 Å². The van der Waals surface area contributed by atoms with E-state index >= 15 is 0 Å². The Morgan fingerprint density at radius 2 is 2.15 bits per heavy atom. The van der Waals surface area contributed by atoms with Gasteiger partial charge in [-0.25, -0.2) is 4.98 Å². The van der Waals surface area contributed by atoms with Crippen molar-refractivity contribution >= 4 is 11.3 Å². The van der Waals surface area contributed by atoms with Crippen LogP contribution in [0.4, 0.5) is 0 Å². The van der Waals surface area contributed by atoms with Crippen molar-refractivity contribution < 1.29 is 4.42 Å². The molecule has 1 aliphatic carbocycles. The highest BCUT2D eigenvalue weighted by molar-refractivity contribution is 7.11. The van der Waals surface area contributed by atoms with Crippen LogP contribution in [0.25, 0.3) is 0 Å². The largest absolute Gasteiger partial charge is 0.448 e. The van der Waals surface area contributed by atoms with Crippen molar-refractivity contribution in [2.45, 2.75) is 58.3 Å². The molecule has 0 aliphatic heterocycles. The Morgan fingerprint density at radius 1 is 1.35 bits per heavy atom. The molecule has 0 aromatic carbocycles. The Labute approximate surface area is 123 Å². The third-order valence-electron chi connectivity index (χ3n) is 3.90. The molecule has 1 aliphatic rings. The molecule has 5 heteroatoms. The van der Waals surface area contributed by atoms with E-state index < -0.39 is 0 Å². The molecule has 0 amide bonds. The lowest BCUT2D eigenvalue weighted by molar-refractivity contribution is 0.433. The molecule has 2 aromatic rings. The number of hydrogen-bond donors (Lipinski definition) is 0. The van der Waals surface area contributed by atoms with Crippen LogP contribution in [0.2, 0.25) is 0 Å². The summed E-state index contributed by atoms with van der Waals surface area (Å²) in [6.45, 7) is 8.50. The van der Waals surface area contributed by atoms with E-state index in [1.165, 1.54) is 11.4 Å². The maximum atomic E-state index is 5.49. The van der Waals surface area contributed by atoms with Gasteiger partial charge in [-0.1, -0.05) is 20.8 Å².